The summed E-state index contributed by atoms with van der Waals surface area (Å²) < 4.78 is 25.3. The molecule has 0 unspecified atom stereocenters. The summed E-state index contributed by atoms with van der Waals surface area (Å²) in [6.45, 7) is 6.02. The van der Waals surface area contributed by atoms with Gasteiger partial charge in [-0.15, -0.1) is 0 Å². The highest BCUT2D eigenvalue weighted by Crippen LogP contribution is 2.31. The zero-order chi connectivity index (χ0) is 12.7. The number of hydrogen-bond acceptors (Lipinski definition) is 1. The zero-order valence-corrected chi connectivity index (χ0v) is 11.4. The van der Waals surface area contributed by atoms with Gasteiger partial charge in [-0.25, -0.2) is 8.78 Å². The summed E-state index contributed by atoms with van der Waals surface area (Å²) >= 11 is 3.12. The topological polar surface area (TPSA) is 26.0 Å². The minimum atomic E-state index is -2.48. The zero-order valence-electron chi connectivity index (χ0n) is 9.86. The highest BCUT2D eigenvalue weighted by molar-refractivity contribution is 9.10. The van der Waals surface area contributed by atoms with Gasteiger partial charge in [0.1, 0.15) is 0 Å². The number of benzene rings is 1. The maximum absolute atomic E-state index is 12.4. The summed E-state index contributed by atoms with van der Waals surface area (Å²) in [5, 5.41) is 0. The highest BCUT2D eigenvalue weighted by atomic mass is 79.9. The third-order valence-electron chi connectivity index (χ3n) is 2.01. The molecule has 1 aromatic rings. The lowest BCUT2D eigenvalue weighted by atomic mass is 10.1. The van der Waals surface area contributed by atoms with Crippen LogP contribution in [0.3, 0.4) is 0 Å². The molecule has 0 atom stereocenters. The van der Waals surface area contributed by atoms with Gasteiger partial charge in [-0.05, 0) is 24.1 Å². The molecule has 2 N–H and O–H groups in total. The first-order chi connectivity index (χ1) is 7.56. The van der Waals surface area contributed by atoms with Crippen molar-refractivity contribution < 1.29 is 8.78 Å². The van der Waals surface area contributed by atoms with Crippen molar-refractivity contribution in [2.75, 3.05) is 5.73 Å². The molecule has 0 saturated heterocycles. The molecule has 0 aliphatic rings. The van der Waals surface area contributed by atoms with Crippen molar-refractivity contribution >= 4 is 21.6 Å². The molecule has 1 nitrogen and oxygen atoms in total. The Kier molecular flexibility index (Phi) is 7.30. The number of nitrogens with two attached hydrogens (primary N) is 1. The summed E-state index contributed by atoms with van der Waals surface area (Å²) in [5.41, 5.74) is 6.99. The summed E-state index contributed by atoms with van der Waals surface area (Å²) in [5.74, 6) is 0. The van der Waals surface area contributed by atoms with Crippen LogP contribution in [-0.4, -0.2) is 0 Å². The van der Waals surface area contributed by atoms with Gasteiger partial charge < -0.3 is 5.73 Å². The highest BCUT2D eigenvalue weighted by Gasteiger charge is 2.13. The van der Waals surface area contributed by atoms with Crippen LogP contribution in [0.5, 0.6) is 0 Å². The summed E-state index contributed by atoms with van der Waals surface area (Å²) in [6, 6.07) is 3.03. The largest absolute Gasteiger partial charge is 0.398 e. The predicted octanol–water partition coefficient (Wildman–Crippen LogP) is 4.95. The molecule has 4 heteroatoms. The smallest absolute Gasteiger partial charge is 0.265 e. The molecule has 0 aromatic heterocycles. The van der Waals surface area contributed by atoms with E-state index in [2.05, 4.69) is 15.9 Å². The van der Waals surface area contributed by atoms with Crippen LogP contribution < -0.4 is 5.73 Å². The lowest BCUT2D eigenvalue weighted by Crippen LogP contribution is -1.97. The van der Waals surface area contributed by atoms with E-state index in [1.807, 2.05) is 20.8 Å². The lowest BCUT2D eigenvalue weighted by Gasteiger charge is -2.09. The van der Waals surface area contributed by atoms with Crippen LogP contribution in [0, 0.1) is 0 Å². The van der Waals surface area contributed by atoms with Gasteiger partial charge >= 0.3 is 0 Å². The first-order valence-electron chi connectivity index (χ1n) is 5.42. The molecule has 0 aliphatic carbocycles. The van der Waals surface area contributed by atoms with Crippen LogP contribution in [-0.2, 0) is 6.42 Å². The van der Waals surface area contributed by atoms with Crippen LogP contribution in [0.25, 0.3) is 0 Å². The Balaban J connectivity index is 0.00000106. The van der Waals surface area contributed by atoms with Crippen molar-refractivity contribution in [1.29, 1.82) is 0 Å². The third-order valence-corrected chi connectivity index (χ3v) is 2.70. The number of aryl methyl sites for hydroxylation is 1. The molecule has 0 aliphatic heterocycles. The van der Waals surface area contributed by atoms with E-state index in [1.165, 1.54) is 6.07 Å². The first kappa shape index (κ1) is 15.4. The molecule has 0 fully saturated rings. The van der Waals surface area contributed by atoms with Crippen molar-refractivity contribution in [2.24, 2.45) is 0 Å². The Morgan fingerprint density at radius 2 is 1.88 bits per heavy atom. The predicted molar refractivity (Wildman–Crippen MR) is 68.9 cm³/mol. The van der Waals surface area contributed by atoms with Gasteiger partial charge in [0, 0.05) is 15.7 Å². The fraction of sp³-hybridized carbons (Fsp3) is 0.500. The minimum Gasteiger partial charge on any atom is -0.398 e. The summed E-state index contributed by atoms with van der Waals surface area (Å²) in [6.07, 6.45) is -0.721. The van der Waals surface area contributed by atoms with Gasteiger partial charge in [0.05, 0.1) is 0 Å². The number of hydrogen-bond donors (Lipinski definition) is 1. The Bertz CT molecular complexity index is 327. The normalized spacial score (nSPS) is 9.94. The van der Waals surface area contributed by atoms with E-state index in [4.69, 9.17) is 5.73 Å². The molecule has 0 heterocycles. The van der Waals surface area contributed by atoms with Gasteiger partial charge in [-0.2, -0.15) is 0 Å². The molecule has 1 rings (SSSR count). The second kappa shape index (κ2) is 7.60. The number of nitrogen functional groups attached to an aromatic ring is 1. The van der Waals surface area contributed by atoms with Crippen LogP contribution in [0.4, 0.5) is 14.5 Å². The maximum Gasteiger partial charge on any atom is 0.265 e. The summed E-state index contributed by atoms with van der Waals surface area (Å²) in [7, 11) is 0. The number of halogens is 3. The van der Waals surface area contributed by atoms with Gasteiger partial charge in [-0.3, -0.25) is 0 Å². The van der Waals surface area contributed by atoms with Gasteiger partial charge in [-0.1, -0.05) is 43.1 Å². The molecule has 92 valence electrons. The maximum atomic E-state index is 12.4. The Labute approximate surface area is 104 Å². The van der Waals surface area contributed by atoms with Crippen LogP contribution in [0.1, 0.15) is 44.7 Å². The van der Waals surface area contributed by atoms with E-state index in [0.29, 0.717) is 10.2 Å². The molecular formula is C12H18BrF2N. The molecule has 16 heavy (non-hydrogen) atoms. The number of rotatable bonds is 3. The first-order valence-corrected chi connectivity index (χ1v) is 6.21. The fourth-order valence-electron chi connectivity index (χ4n) is 1.30. The van der Waals surface area contributed by atoms with E-state index < -0.39 is 6.43 Å². The third kappa shape index (κ3) is 4.08. The quantitative estimate of drug-likeness (QED) is 0.784. The van der Waals surface area contributed by atoms with E-state index in [-0.39, 0.29) is 5.56 Å². The monoisotopic (exact) mass is 293 g/mol. The van der Waals surface area contributed by atoms with E-state index in [1.54, 1.807) is 6.07 Å². The molecular weight excluding hydrogens is 276 g/mol. The Morgan fingerprint density at radius 3 is 2.31 bits per heavy atom. The van der Waals surface area contributed by atoms with Crippen molar-refractivity contribution in [1.82, 2.24) is 0 Å². The van der Waals surface area contributed by atoms with Crippen molar-refractivity contribution in [3.05, 3.63) is 27.7 Å². The molecule has 0 radical (unpaired) electrons. The van der Waals surface area contributed by atoms with Gasteiger partial charge in [0.2, 0.25) is 0 Å². The van der Waals surface area contributed by atoms with Crippen LogP contribution >= 0.6 is 15.9 Å². The summed E-state index contributed by atoms with van der Waals surface area (Å²) in [4.78, 5) is 0. The minimum absolute atomic E-state index is 0.0395. The molecule has 0 saturated carbocycles. The van der Waals surface area contributed by atoms with Crippen molar-refractivity contribution in [3.63, 3.8) is 0 Å². The molecule has 0 bridgehead atoms. The molecule has 0 spiro atoms. The fourth-order valence-corrected chi connectivity index (χ4v) is 1.87. The van der Waals surface area contributed by atoms with E-state index in [0.717, 1.165) is 18.4 Å². The number of anilines is 1. The van der Waals surface area contributed by atoms with Crippen molar-refractivity contribution in [3.8, 4) is 0 Å². The van der Waals surface area contributed by atoms with E-state index >= 15 is 0 Å². The molecule has 1 aromatic carbocycles. The standard InChI is InChI=1S/C10H12BrF2N.C2H6/c1-2-3-6-4-8(11)7(10(12)13)5-9(6)14;1-2/h4-5,10H,2-3,14H2,1H3;1-2H3. The van der Waals surface area contributed by atoms with Crippen LogP contribution in [0.2, 0.25) is 0 Å². The molecule has 0 amide bonds. The van der Waals surface area contributed by atoms with Crippen LogP contribution in [0.15, 0.2) is 16.6 Å². The van der Waals surface area contributed by atoms with Crippen molar-refractivity contribution in [2.45, 2.75) is 40.0 Å². The average molecular weight is 294 g/mol. The van der Waals surface area contributed by atoms with Gasteiger partial charge in [0.25, 0.3) is 6.43 Å². The second-order valence-corrected chi connectivity index (χ2v) is 3.98. The SMILES string of the molecule is CC.CCCc1cc(Br)c(C(F)F)cc1N. The Morgan fingerprint density at radius 1 is 1.31 bits per heavy atom. The van der Waals surface area contributed by atoms with Gasteiger partial charge in [0.15, 0.2) is 0 Å². The Hall–Kier alpha value is -0.640. The van der Waals surface area contributed by atoms with E-state index in [9.17, 15) is 8.78 Å². The average Bonchev–Trinajstić information content (AvgIpc) is 2.26. The lowest BCUT2D eigenvalue weighted by molar-refractivity contribution is 0.150. The number of alkyl halides is 2. The second-order valence-electron chi connectivity index (χ2n) is 3.12.